The highest BCUT2D eigenvalue weighted by Gasteiger charge is 2.32. The number of halogens is 3. The maximum atomic E-state index is 12.6. The molecule has 1 unspecified atom stereocenters. The molecule has 0 radical (unpaired) electrons. The van der Waals surface area contributed by atoms with Crippen LogP contribution in [-0.4, -0.2) is 26.7 Å². The molecule has 1 N–H and O–H groups in total. The smallest absolute Gasteiger partial charge is 0.405 e. The average Bonchev–Trinajstić information content (AvgIpc) is 2.94. The summed E-state index contributed by atoms with van der Waals surface area (Å²) in [6.45, 7) is 2.94. The van der Waals surface area contributed by atoms with Gasteiger partial charge >= 0.3 is 6.36 Å². The van der Waals surface area contributed by atoms with E-state index in [1.807, 2.05) is 6.92 Å². The van der Waals surface area contributed by atoms with Gasteiger partial charge in [-0.1, -0.05) is 18.2 Å². The number of hydrogen-bond donors (Lipinski definition) is 1. The van der Waals surface area contributed by atoms with Crippen LogP contribution in [0.1, 0.15) is 25.0 Å². The zero-order valence-corrected chi connectivity index (χ0v) is 16.5. The second-order valence-corrected chi connectivity index (χ2v) is 8.48. The van der Waals surface area contributed by atoms with Crippen LogP contribution in [0.4, 0.5) is 18.9 Å². The lowest BCUT2D eigenvalue weighted by molar-refractivity contribution is -0.274. The van der Waals surface area contributed by atoms with Crippen LogP contribution in [0, 0.1) is 0 Å². The molecule has 0 spiro atoms. The van der Waals surface area contributed by atoms with Crippen LogP contribution >= 0.6 is 0 Å². The molecule has 2 aromatic rings. The van der Waals surface area contributed by atoms with Crippen LogP contribution in [0.3, 0.4) is 0 Å². The lowest BCUT2D eigenvalue weighted by Crippen LogP contribution is -2.33. The van der Waals surface area contributed by atoms with Crippen molar-refractivity contribution in [1.29, 1.82) is 0 Å². The van der Waals surface area contributed by atoms with E-state index < -0.39 is 22.1 Å². The Labute approximate surface area is 166 Å². The molecule has 2 aromatic carbocycles. The maximum absolute atomic E-state index is 12.6. The van der Waals surface area contributed by atoms with Crippen LogP contribution in [0.15, 0.2) is 47.4 Å². The molecule has 1 amide bonds. The molecule has 6 nitrogen and oxygen atoms in total. The molecular formula is C19H19F3N2O4S. The van der Waals surface area contributed by atoms with Crippen molar-refractivity contribution in [2.24, 2.45) is 0 Å². The lowest BCUT2D eigenvalue weighted by Gasteiger charge is -2.20. The van der Waals surface area contributed by atoms with E-state index in [9.17, 15) is 26.4 Å². The summed E-state index contributed by atoms with van der Waals surface area (Å²) in [5.74, 6) is -0.603. The number of carbonyl (C=O) groups is 1. The van der Waals surface area contributed by atoms with Gasteiger partial charge in [-0.15, -0.1) is 13.2 Å². The number of para-hydroxylation sites is 1. The number of alkyl halides is 3. The van der Waals surface area contributed by atoms with Crippen molar-refractivity contribution in [3.63, 3.8) is 0 Å². The maximum Gasteiger partial charge on any atom is 0.573 e. The van der Waals surface area contributed by atoms with Crippen LogP contribution in [0.25, 0.3) is 0 Å². The van der Waals surface area contributed by atoms with Gasteiger partial charge in [0, 0.05) is 30.8 Å². The standard InChI is InChI=1S/C19H19F3N2O4S/c1-12-9-15-10-16(7-8-17(15)24(12)13(2)25)29(26,27)23-11-14-5-3-4-6-18(14)28-19(20,21)22/h3-8,10,12,23H,9,11H2,1-2H3. The third-order valence-corrected chi connectivity index (χ3v) is 5.97. The zero-order valence-electron chi connectivity index (χ0n) is 15.7. The van der Waals surface area contributed by atoms with Gasteiger partial charge in [0.25, 0.3) is 0 Å². The summed E-state index contributed by atoms with van der Waals surface area (Å²) in [5, 5.41) is 0. The number of carbonyl (C=O) groups excluding carboxylic acids is 1. The minimum Gasteiger partial charge on any atom is -0.405 e. The van der Waals surface area contributed by atoms with Crippen molar-refractivity contribution in [3.8, 4) is 5.75 Å². The first-order valence-electron chi connectivity index (χ1n) is 8.74. The van der Waals surface area contributed by atoms with Gasteiger partial charge in [-0.3, -0.25) is 4.79 Å². The predicted octanol–water partition coefficient (Wildman–Crippen LogP) is 3.36. The Morgan fingerprint density at radius 3 is 2.59 bits per heavy atom. The summed E-state index contributed by atoms with van der Waals surface area (Å²) in [4.78, 5) is 13.4. The van der Waals surface area contributed by atoms with Crippen molar-refractivity contribution in [2.45, 2.75) is 44.1 Å². The minimum absolute atomic E-state index is 0.0249. The second-order valence-electron chi connectivity index (χ2n) is 6.71. The number of rotatable bonds is 5. The quantitative estimate of drug-likeness (QED) is 0.793. The number of sulfonamides is 1. The Hall–Kier alpha value is -2.59. The van der Waals surface area contributed by atoms with E-state index in [0.29, 0.717) is 12.1 Å². The molecule has 10 heteroatoms. The van der Waals surface area contributed by atoms with Crippen LogP contribution in [-0.2, 0) is 27.8 Å². The fraction of sp³-hybridized carbons (Fsp3) is 0.316. The first kappa shape index (κ1) is 21.1. The molecule has 0 saturated carbocycles. The summed E-state index contributed by atoms with van der Waals surface area (Å²) >= 11 is 0. The van der Waals surface area contributed by atoms with Crippen molar-refractivity contribution < 1.29 is 31.1 Å². The number of ether oxygens (including phenoxy) is 1. The number of hydrogen-bond acceptors (Lipinski definition) is 4. The normalized spacial score (nSPS) is 16.6. The number of fused-ring (bicyclic) bond motifs is 1. The SMILES string of the molecule is CC(=O)N1c2ccc(S(=O)(=O)NCc3ccccc3OC(F)(F)F)cc2CC1C. The van der Waals surface area contributed by atoms with E-state index >= 15 is 0 Å². The molecule has 0 aliphatic carbocycles. The van der Waals surface area contributed by atoms with E-state index in [-0.39, 0.29) is 29.0 Å². The number of nitrogens with one attached hydrogen (secondary N) is 1. The highest BCUT2D eigenvalue weighted by Crippen LogP contribution is 2.34. The van der Waals surface area contributed by atoms with Gasteiger partial charge in [-0.05, 0) is 43.2 Å². The predicted molar refractivity (Wildman–Crippen MR) is 99.9 cm³/mol. The highest BCUT2D eigenvalue weighted by atomic mass is 32.2. The fourth-order valence-electron chi connectivity index (χ4n) is 3.38. The summed E-state index contributed by atoms with van der Waals surface area (Å²) in [6, 6.07) is 9.64. The number of amides is 1. The highest BCUT2D eigenvalue weighted by molar-refractivity contribution is 7.89. The Bertz CT molecular complexity index is 1040. The summed E-state index contributed by atoms with van der Waals surface area (Å²) in [7, 11) is -3.99. The van der Waals surface area contributed by atoms with E-state index in [1.54, 1.807) is 11.0 Å². The second kappa shape index (κ2) is 7.68. The van der Waals surface area contributed by atoms with Crippen molar-refractivity contribution >= 4 is 21.6 Å². The fourth-order valence-corrected chi connectivity index (χ4v) is 4.44. The summed E-state index contributed by atoms with van der Waals surface area (Å²) in [6.07, 6.45) is -4.37. The van der Waals surface area contributed by atoms with E-state index in [4.69, 9.17) is 0 Å². The van der Waals surface area contributed by atoms with Gasteiger partial charge in [0.05, 0.1) is 4.90 Å². The van der Waals surface area contributed by atoms with E-state index in [0.717, 1.165) is 11.6 Å². The first-order valence-corrected chi connectivity index (χ1v) is 10.2. The molecule has 29 heavy (non-hydrogen) atoms. The largest absolute Gasteiger partial charge is 0.573 e. The molecule has 0 fully saturated rings. The number of benzene rings is 2. The van der Waals surface area contributed by atoms with Crippen LogP contribution < -0.4 is 14.4 Å². The van der Waals surface area contributed by atoms with Crippen molar-refractivity contribution in [3.05, 3.63) is 53.6 Å². The Kier molecular flexibility index (Phi) is 5.59. The van der Waals surface area contributed by atoms with Gasteiger partial charge < -0.3 is 9.64 Å². The molecule has 0 bridgehead atoms. The van der Waals surface area contributed by atoms with Crippen molar-refractivity contribution in [1.82, 2.24) is 4.72 Å². The molecule has 0 aromatic heterocycles. The zero-order chi connectivity index (χ0) is 21.4. The van der Waals surface area contributed by atoms with Gasteiger partial charge in [0.1, 0.15) is 5.75 Å². The van der Waals surface area contributed by atoms with Gasteiger partial charge in [0.15, 0.2) is 0 Å². The summed E-state index contributed by atoms with van der Waals surface area (Å²) < 4.78 is 69.1. The Balaban J connectivity index is 1.80. The lowest BCUT2D eigenvalue weighted by atomic mass is 10.1. The van der Waals surface area contributed by atoms with E-state index in [1.165, 1.54) is 37.3 Å². The number of nitrogens with zero attached hydrogens (tertiary/aromatic N) is 1. The van der Waals surface area contributed by atoms with Crippen molar-refractivity contribution in [2.75, 3.05) is 4.90 Å². The molecule has 156 valence electrons. The molecule has 1 heterocycles. The van der Waals surface area contributed by atoms with Gasteiger partial charge in [-0.25, -0.2) is 13.1 Å². The Morgan fingerprint density at radius 2 is 1.93 bits per heavy atom. The minimum atomic E-state index is -4.88. The van der Waals surface area contributed by atoms with Crippen LogP contribution in [0.2, 0.25) is 0 Å². The molecular weight excluding hydrogens is 409 g/mol. The van der Waals surface area contributed by atoms with Gasteiger partial charge in [-0.2, -0.15) is 0 Å². The topological polar surface area (TPSA) is 75.7 Å². The molecule has 1 aliphatic rings. The number of anilines is 1. The first-order chi connectivity index (χ1) is 13.5. The monoisotopic (exact) mass is 428 g/mol. The third kappa shape index (κ3) is 4.70. The molecule has 1 aliphatic heterocycles. The third-order valence-electron chi connectivity index (χ3n) is 4.57. The average molecular weight is 428 g/mol. The molecule has 0 saturated heterocycles. The summed E-state index contributed by atoms with van der Waals surface area (Å²) in [5.41, 5.74) is 1.43. The molecule has 1 atom stereocenters. The Morgan fingerprint density at radius 1 is 1.24 bits per heavy atom. The van der Waals surface area contributed by atoms with Gasteiger partial charge in [0.2, 0.25) is 15.9 Å². The molecule has 3 rings (SSSR count). The van der Waals surface area contributed by atoms with Crippen LogP contribution in [0.5, 0.6) is 5.75 Å². The van der Waals surface area contributed by atoms with E-state index in [2.05, 4.69) is 9.46 Å².